The number of nitrogen functional groups attached to an aromatic ring is 1. The maximum atomic E-state index is 12.2. The summed E-state index contributed by atoms with van der Waals surface area (Å²) in [5, 5.41) is 2.62. The highest BCUT2D eigenvalue weighted by atomic mass is 32.2. The van der Waals surface area contributed by atoms with E-state index in [2.05, 4.69) is 9.71 Å². The minimum atomic E-state index is -3.57. The van der Waals surface area contributed by atoms with Crippen molar-refractivity contribution in [2.24, 2.45) is 0 Å². The normalized spacial score (nSPS) is 11.7. The Hall–Kier alpha value is -1.44. The predicted octanol–water partition coefficient (Wildman–Crippen LogP) is 1.82. The van der Waals surface area contributed by atoms with Crippen LogP contribution in [0.1, 0.15) is 16.3 Å². The smallest absolute Gasteiger partial charge is 0.241 e. The molecule has 7 heteroatoms. The summed E-state index contributed by atoms with van der Waals surface area (Å²) in [6, 6.07) is 4.83. The van der Waals surface area contributed by atoms with Gasteiger partial charge in [-0.25, -0.2) is 18.1 Å². The van der Waals surface area contributed by atoms with Crippen LogP contribution in [0.25, 0.3) is 0 Å². The van der Waals surface area contributed by atoms with Gasteiger partial charge in [0.1, 0.15) is 5.01 Å². The molecule has 0 saturated carbocycles. The Morgan fingerprint density at radius 1 is 1.37 bits per heavy atom. The molecule has 0 amide bonds. The maximum absolute atomic E-state index is 12.2. The van der Waals surface area contributed by atoms with Gasteiger partial charge in [0.15, 0.2) is 0 Å². The van der Waals surface area contributed by atoms with Crippen molar-refractivity contribution in [1.29, 1.82) is 0 Å². The van der Waals surface area contributed by atoms with Crippen LogP contribution in [0.3, 0.4) is 0 Å². The number of benzene rings is 1. The van der Waals surface area contributed by atoms with Crippen molar-refractivity contribution in [3.63, 3.8) is 0 Å². The van der Waals surface area contributed by atoms with Gasteiger partial charge >= 0.3 is 0 Å². The molecule has 2 rings (SSSR count). The molecule has 102 valence electrons. The average molecular weight is 297 g/mol. The SMILES string of the molecule is Cc1csc(CNS(=O)(=O)c2cc(N)ccc2C)n1. The van der Waals surface area contributed by atoms with Crippen molar-refractivity contribution in [2.75, 3.05) is 5.73 Å². The summed E-state index contributed by atoms with van der Waals surface area (Å²) in [5.41, 5.74) is 7.61. The number of aromatic nitrogens is 1. The Bertz CT molecular complexity index is 693. The van der Waals surface area contributed by atoms with Gasteiger partial charge in [-0.15, -0.1) is 11.3 Å². The fourth-order valence-electron chi connectivity index (χ4n) is 1.62. The van der Waals surface area contributed by atoms with E-state index in [1.54, 1.807) is 19.1 Å². The number of nitrogens with one attached hydrogen (secondary N) is 1. The Kier molecular flexibility index (Phi) is 3.88. The molecule has 1 aromatic carbocycles. The quantitative estimate of drug-likeness (QED) is 0.843. The summed E-state index contributed by atoms with van der Waals surface area (Å²) < 4.78 is 26.9. The second kappa shape index (κ2) is 5.28. The van der Waals surface area contributed by atoms with Crippen LogP contribution in [-0.4, -0.2) is 13.4 Å². The van der Waals surface area contributed by atoms with Gasteiger partial charge in [-0.2, -0.15) is 0 Å². The van der Waals surface area contributed by atoms with Gasteiger partial charge in [-0.3, -0.25) is 0 Å². The first-order chi connectivity index (χ1) is 8.88. The third-order valence-electron chi connectivity index (χ3n) is 2.58. The lowest BCUT2D eigenvalue weighted by molar-refractivity contribution is 0.580. The molecule has 0 aliphatic rings. The number of nitrogens with two attached hydrogens (primary N) is 1. The molecule has 0 aliphatic heterocycles. The first-order valence-electron chi connectivity index (χ1n) is 5.65. The zero-order chi connectivity index (χ0) is 14.0. The fourth-order valence-corrected chi connectivity index (χ4v) is 3.69. The molecule has 0 aliphatic carbocycles. The summed E-state index contributed by atoms with van der Waals surface area (Å²) >= 11 is 1.43. The first kappa shape index (κ1) is 14.0. The van der Waals surface area contributed by atoms with Crippen molar-refractivity contribution in [3.8, 4) is 0 Å². The lowest BCUT2D eigenvalue weighted by Crippen LogP contribution is -2.24. The van der Waals surface area contributed by atoms with Crippen molar-refractivity contribution in [3.05, 3.63) is 39.8 Å². The van der Waals surface area contributed by atoms with Crippen LogP contribution in [0.2, 0.25) is 0 Å². The Morgan fingerprint density at radius 2 is 2.11 bits per heavy atom. The molecule has 5 nitrogen and oxygen atoms in total. The molecule has 1 aromatic heterocycles. The first-order valence-corrected chi connectivity index (χ1v) is 8.01. The standard InChI is InChI=1S/C12H15N3O2S2/c1-8-3-4-10(13)5-11(8)19(16,17)14-6-12-15-9(2)7-18-12/h3-5,7,14H,6,13H2,1-2H3. The van der Waals surface area contributed by atoms with E-state index in [-0.39, 0.29) is 11.4 Å². The van der Waals surface area contributed by atoms with Crippen LogP contribution in [0.5, 0.6) is 0 Å². The molecular weight excluding hydrogens is 282 g/mol. The van der Waals surface area contributed by atoms with Gasteiger partial charge in [-0.05, 0) is 31.5 Å². The van der Waals surface area contributed by atoms with Crippen molar-refractivity contribution in [2.45, 2.75) is 25.3 Å². The molecule has 0 bridgehead atoms. The van der Waals surface area contributed by atoms with E-state index < -0.39 is 10.0 Å². The highest BCUT2D eigenvalue weighted by Gasteiger charge is 2.17. The number of rotatable bonds is 4. The molecule has 3 N–H and O–H groups in total. The molecule has 0 saturated heterocycles. The second-order valence-corrected chi connectivity index (χ2v) is 6.91. The molecule has 0 atom stereocenters. The summed E-state index contributed by atoms with van der Waals surface area (Å²) in [6.07, 6.45) is 0. The third-order valence-corrected chi connectivity index (χ3v) is 5.09. The minimum Gasteiger partial charge on any atom is -0.399 e. The third kappa shape index (κ3) is 3.31. The Balaban J connectivity index is 2.20. The molecule has 0 fully saturated rings. The largest absolute Gasteiger partial charge is 0.399 e. The van der Waals surface area contributed by atoms with E-state index in [9.17, 15) is 8.42 Å². The van der Waals surface area contributed by atoms with E-state index >= 15 is 0 Å². The molecule has 2 aromatic rings. The number of anilines is 1. The topological polar surface area (TPSA) is 85.1 Å². The van der Waals surface area contributed by atoms with Crippen LogP contribution >= 0.6 is 11.3 Å². The lowest BCUT2D eigenvalue weighted by Gasteiger charge is -2.09. The van der Waals surface area contributed by atoms with E-state index in [1.165, 1.54) is 17.4 Å². The summed E-state index contributed by atoms with van der Waals surface area (Å²) in [4.78, 5) is 4.42. The van der Waals surface area contributed by atoms with Crippen LogP contribution in [0.15, 0.2) is 28.5 Å². The zero-order valence-electron chi connectivity index (χ0n) is 10.7. The molecule has 0 radical (unpaired) electrons. The Morgan fingerprint density at radius 3 is 2.74 bits per heavy atom. The lowest BCUT2D eigenvalue weighted by atomic mass is 10.2. The van der Waals surface area contributed by atoms with Gasteiger partial charge in [0, 0.05) is 16.8 Å². The van der Waals surface area contributed by atoms with Crippen LogP contribution in [0.4, 0.5) is 5.69 Å². The second-order valence-electron chi connectivity index (χ2n) is 4.23. The van der Waals surface area contributed by atoms with Crippen molar-refractivity contribution >= 4 is 27.0 Å². The van der Waals surface area contributed by atoms with Crippen LogP contribution in [-0.2, 0) is 16.6 Å². The number of hydrogen-bond acceptors (Lipinski definition) is 5. The summed E-state index contributed by atoms with van der Waals surface area (Å²) in [7, 11) is -3.57. The molecule has 19 heavy (non-hydrogen) atoms. The Labute approximate surface area is 116 Å². The van der Waals surface area contributed by atoms with Gasteiger partial charge in [0.2, 0.25) is 10.0 Å². The molecular formula is C12H15N3O2S2. The number of sulfonamides is 1. The minimum absolute atomic E-state index is 0.190. The van der Waals surface area contributed by atoms with Crippen LogP contribution < -0.4 is 10.5 Å². The highest BCUT2D eigenvalue weighted by molar-refractivity contribution is 7.89. The number of nitrogens with zero attached hydrogens (tertiary/aromatic N) is 1. The van der Waals surface area contributed by atoms with Gasteiger partial charge in [-0.1, -0.05) is 6.07 Å². The van der Waals surface area contributed by atoms with Gasteiger partial charge < -0.3 is 5.73 Å². The molecule has 1 heterocycles. The molecule has 0 spiro atoms. The summed E-state index contributed by atoms with van der Waals surface area (Å²) in [6.45, 7) is 3.80. The van der Waals surface area contributed by atoms with Crippen molar-refractivity contribution in [1.82, 2.24) is 9.71 Å². The zero-order valence-corrected chi connectivity index (χ0v) is 12.3. The van der Waals surface area contributed by atoms with Crippen molar-refractivity contribution < 1.29 is 8.42 Å². The number of aryl methyl sites for hydroxylation is 2. The number of hydrogen-bond donors (Lipinski definition) is 2. The monoisotopic (exact) mass is 297 g/mol. The summed E-state index contributed by atoms with van der Waals surface area (Å²) in [5.74, 6) is 0. The van der Waals surface area contributed by atoms with Gasteiger partial charge in [0.05, 0.1) is 11.4 Å². The predicted molar refractivity (Wildman–Crippen MR) is 76.5 cm³/mol. The highest BCUT2D eigenvalue weighted by Crippen LogP contribution is 2.18. The average Bonchev–Trinajstić information content (AvgIpc) is 2.76. The van der Waals surface area contributed by atoms with E-state index in [0.717, 1.165) is 10.7 Å². The maximum Gasteiger partial charge on any atom is 0.241 e. The van der Waals surface area contributed by atoms with E-state index in [0.29, 0.717) is 11.3 Å². The number of thiazole rings is 1. The van der Waals surface area contributed by atoms with Gasteiger partial charge in [0.25, 0.3) is 0 Å². The fraction of sp³-hybridized carbons (Fsp3) is 0.250. The van der Waals surface area contributed by atoms with E-state index in [1.807, 2.05) is 12.3 Å². The molecule has 0 unspecified atom stereocenters. The van der Waals surface area contributed by atoms with Crippen LogP contribution in [0, 0.1) is 13.8 Å². The van der Waals surface area contributed by atoms with E-state index in [4.69, 9.17) is 5.73 Å².